The monoisotopic (exact) mass is 683 g/mol. The number of unbranched alkanes of at least 4 members (excludes halogenated alkanes) is 1. The summed E-state index contributed by atoms with van der Waals surface area (Å²) in [6.45, 7) is 16.5. The number of anilines is 1. The number of aliphatic imine (C=N–C) groups is 1. The van der Waals surface area contributed by atoms with E-state index >= 15 is 0 Å². The average Bonchev–Trinajstić information content (AvgIpc) is 3.56. The topological polar surface area (TPSA) is 114 Å². The summed E-state index contributed by atoms with van der Waals surface area (Å²) in [6.07, 6.45) is 3.77. The fourth-order valence-corrected chi connectivity index (χ4v) is 7.36. The van der Waals surface area contributed by atoms with E-state index in [4.69, 9.17) is 19.8 Å². The molecular weight excluding hydrogens is 637 g/mol. The van der Waals surface area contributed by atoms with Crippen LogP contribution in [0.4, 0.5) is 11.4 Å². The first-order valence-electron chi connectivity index (χ1n) is 16.6. The predicted octanol–water partition coefficient (Wildman–Crippen LogP) is 4.02. The van der Waals surface area contributed by atoms with E-state index in [1.165, 1.54) is 0 Å². The molecule has 1 aliphatic heterocycles. The molecule has 0 N–H and O–H groups in total. The van der Waals surface area contributed by atoms with E-state index in [0.29, 0.717) is 40.3 Å². The van der Waals surface area contributed by atoms with Crippen molar-refractivity contribution in [3.8, 4) is 11.4 Å². The van der Waals surface area contributed by atoms with E-state index in [-0.39, 0.29) is 53.5 Å². The number of hydrogen-bond donors (Lipinski definition) is 0. The third-order valence-corrected chi connectivity index (χ3v) is 9.91. The zero-order valence-corrected chi connectivity index (χ0v) is 32.3. The maximum atomic E-state index is 14.0. The number of carbonyl (C=O) groups excluding carboxylic acids is 1. The van der Waals surface area contributed by atoms with E-state index in [1.54, 1.807) is 4.68 Å². The number of carbonyl (C=O) groups is 1. The number of fused-ring (bicyclic) bond motifs is 1. The molecule has 5 rings (SSSR count). The van der Waals surface area contributed by atoms with Gasteiger partial charge < -0.3 is 14.9 Å². The fourth-order valence-electron chi connectivity index (χ4n) is 6.93. The Labute approximate surface area is 310 Å². The number of allylic oxidation sites excluding steroid dienone is 1. The van der Waals surface area contributed by atoms with Crippen molar-refractivity contribution >= 4 is 40.8 Å². The predicted molar refractivity (Wildman–Crippen MR) is 185 cm³/mol. The van der Waals surface area contributed by atoms with E-state index in [2.05, 4.69) is 54.1 Å². The maximum absolute atomic E-state index is 14.0. The molecule has 1 aliphatic carbocycles. The summed E-state index contributed by atoms with van der Waals surface area (Å²) in [5.41, 5.74) is 6.05. The molecule has 0 spiro atoms. The Morgan fingerprint density at radius 2 is 1.77 bits per heavy atom. The van der Waals surface area contributed by atoms with Crippen LogP contribution in [0.25, 0.3) is 17.0 Å². The summed E-state index contributed by atoms with van der Waals surface area (Å²) in [5.74, 6) is 3.07. The molecule has 12 heteroatoms. The normalized spacial score (nSPS) is 21.3. The van der Waals surface area contributed by atoms with Gasteiger partial charge in [0.25, 0.3) is 0 Å². The van der Waals surface area contributed by atoms with Gasteiger partial charge in [-0.15, -0.1) is 5.10 Å². The molecule has 0 amide bonds. The van der Waals surface area contributed by atoms with Crippen LogP contribution in [-0.2, 0) is 18.9 Å². The molecule has 2 unspecified atom stereocenters. The van der Waals surface area contributed by atoms with Gasteiger partial charge in [0.05, 0.1) is 5.69 Å². The van der Waals surface area contributed by atoms with Crippen molar-refractivity contribution in [2.75, 3.05) is 23.7 Å². The number of esters is 1. The molecule has 0 radical (unpaired) electrons. The molecular formula is C36H46N5NaO5S. The first-order chi connectivity index (χ1) is 22.6. The Morgan fingerprint density at radius 3 is 2.42 bits per heavy atom. The molecule has 2 aromatic carbocycles. The largest absolute Gasteiger partial charge is 1.00 e. The van der Waals surface area contributed by atoms with Gasteiger partial charge in [-0.25, -0.2) is 14.8 Å². The number of ether oxygens (including phenoxy) is 1. The van der Waals surface area contributed by atoms with Gasteiger partial charge in [0.15, 0.2) is 17.5 Å². The van der Waals surface area contributed by atoms with Crippen molar-refractivity contribution in [3.05, 3.63) is 65.0 Å². The molecule has 1 aromatic heterocycles. The zero-order chi connectivity index (χ0) is 33.7. The molecule has 3 aromatic rings. The van der Waals surface area contributed by atoms with Crippen LogP contribution < -0.4 is 39.7 Å². The molecule has 2 aliphatic rings. The Bertz CT molecular complexity index is 1610. The molecule has 48 heavy (non-hydrogen) atoms. The third-order valence-electron chi connectivity index (χ3n) is 9.30. The van der Waals surface area contributed by atoms with Gasteiger partial charge >= 0.3 is 35.5 Å². The van der Waals surface area contributed by atoms with Gasteiger partial charge in [0.2, 0.25) is 0 Å². The third kappa shape index (κ3) is 8.79. The molecule has 2 heterocycles. The smallest absolute Gasteiger partial charge is 0.691 e. The number of rotatable bonds is 13. The van der Waals surface area contributed by atoms with Gasteiger partial charge in [-0.05, 0) is 94.9 Å². The molecule has 10 nitrogen and oxygen atoms in total. The minimum absolute atomic E-state index is 0. The first-order valence-corrected chi connectivity index (χ1v) is 17.5. The molecule has 2 atom stereocenters. The quantitative estimate of drug-likeness (QED) is 0.0659. The van der Waals surface area contributed by atoms with Crippen LogP contribution in [0.2, 0.25) is 0 Å². The van der Waals surface area contributed by atoms with Gasteiger partial charge in [-0.1, -0.05) is 50.6 Å². The summed E-state index contributed by atoms with van der Waals surface area (Å²) in [7, 11) is 0. The van der Waals surface area contributed by atoms with Gasteiger partial charge in [0.1, 0.15) is 11.7 Å². The zero-order valence-electron chi connectivity index (χ0n) is 29.5. The van der Waals surface area contributed by atoms with Crippen LogP contribution in [0.15, 0.2) is 53.0 Å². The van der Waals surface area contributed by atoms with Crippen molar-refractivity contribution in [2.24, 2.45) is 22.7 Å². The average molecular weight is 684 g/mol. The van der Waals surface area contributed by atoms with E-state index in [1.807, 2.05) is 51.1 Å². The van der Waals surface area contributed by atoms with Crippen molar-refractivity contribution in [2.45, 2.75) is 80.3 Å². The number of aryl methyl sites for hydroxylation is 2. The van der Waals surface area contributed by atoms with Gasteiger partial charge in [0, 0.05) is 47.7 Å². The SMILES string of the molecule is CCN(CCCCSOO[O-])c1ccc(N=C2C(C)=C(C(=O)OC3C(C)CC(C)CC3C)c3nc(-c4ccc(C)cc4)nn32)c(C)c1.[Na+]. The van der Waals surface area contributed by atoms with Crippen LogP contribution in [0.5, 0.6) is 0 Å². The Hall–Kier alpha value is -2.51. The summed E-state index contributed by atoms with van der Waals surface area (Å²) in [5, 5.41) is 18.2. The van der Waals surface area contributed by atoms with Crippen molar-refractivity contribution in [3.63, 3.8) is 0 Å². The van der Waals surface area contributed by atoms with Crippen molar-refractivity contribution < 1.29 is 53.7 Å². The van der Waals surface area contributed by atoms with Crippen LogP contribution in [0, 0.1) is 31.6 Å². The molecule has 252 valence electrons. The summed E-state index contributed by atoms with van der Waals surface area (Å²) in [6, 6.07) is 14.3. The van der Waals surface area contributed by atoms with Gasteiger partial charge in [-0.3, -0.25) is 5.04 Å². The number of hydrogen-bond acceptors (Lipinski definition) is 10. The standard InChI is InChI=1S/C36H47N5O5S.Na/c1-8-40(17-9-10-18-47-46-45-43)29-15-16-30(24(4)21-29)37-34-27(7)31(36(42)44-32-25(5)19-23(3)20-26(32)6)35-38-33(39-41(34)35)28-13-11-22(2)12-14-28;/h11-16,21,23,25-26,32,43H,8-10,17-20H2,1-7H3;/q;+1/p-1. The molecule has 1 saturated carbocycles. The van der Waals surface area contributed by atoms with Crippen molar-refractivity contribution in [1.82, 2.24) is 14.8 Å². The Balaban J connectivity index is 0.00000520. The molecule has 0 bridgehead atoms. The molecule has 0 saturated heterocycles. The second kappa shape index (κ2) is 17.4. The minimum atomic E-state index is -0.369. The van der Waals surface area contributed by atoms with E-state index in [0.717, 1.165) is 78.9 Å². The van der Waals surface area contributed by atoms with Crippen LogP contribution in [0.3, 0.4) is 0 Å². The van der Waals surface area contributed by atoms with Gasteiger partial charge in [-0.2, -0.15) is 9.02 Å². The number of aromatic nitrogens is 3. The summed E-state index contributed by atoms with van der Waals surface area (Å²) < 4.78 is 12.3. The summed E-state index contributed by atoms with van der Waals surface area (Å²) >= 11 is 1.02. The number of benzene rings is 2. The maximum Gasteiger partial charge on any atom is 1.00 e. The summed E-state index contributed by atoms with van der Waals surface area (Å²) in [4.78, 5) is 26.3. The van der Waals surface area contributed by atoms with Crippen molar-refractivity contribution in [1.29, 1.82) is 0 Å². The second-order valence-electron chi connectivity index (χ2n) is 13.1. The van der Waals surface area contributed by atoms with Crippen LogP contribution >= 0.6 is 12.0 Å². The van der Waals surface area contributed by atoms with Crippen LogP contribution in [-0.4, -0.2) is 51.5 Å². The van der Waals surface area contributed by atoms with Crippen LogP contribution in [0.1, 0.15) is 77.3 Å². The Kier molecular flexibility index (Phi) is 13.9. The van der Waals surface area contributed by atoms with E-state index in [9.17, 15) is 10.1 Å². The second-order valence-corrected chi connectivity index (χ2v) is 13.9. The minimum Gasteiger partial charge on any atom is -0.691 e. The first kappa shape index (κ1) is 38.3. The Morgan fingerprint density at radius 1 is 1.06 bits per heavy atom. The number of nitrogens with zero attached hydrogens (tertiary/aromatic N) is 5. The molecule has 1 fully saturated rings. The fraction of sp³-hybridized carbons (Fsp3) is 0.500. The van der Waals surface area contributed by atoms with E-state index < -0.39 is 0 Å².